The first kappa shape index (κ1) is 24.9. The quantitative estimate of drug-likeness (QED) is 0.253. The summed E-state index contributed by atoms with van der Waals surface area (Å²) in [4.78, 5) is 17.8. The predicted octanol–water partition coefficient (Wildman–Crippen LogP) is 2.65. The van der Waals surface area contributed by atoms with Crippen LogP contribution in [0.3, 0.4) is 0 Å². The van der Waals surface area contributed by atoms with Gasteiger partial charge in [-0.25, -0.2) is 4.79 Å². The molecule has 1 aliphatic heterocycles. The van der Waals surface area contributed by atoms with Crippen LogP contribution in [0.25, 0.3) is 0 Å². The Morgan fingerprint density at radius 1 is 1.31 bits per heavy atom. The number of hydrogen-bond acceptors (Lipinski definition) is 4. The number of rotatable bonds is 7. The molecule has 0 spiro atoms. The van der Waals surface area contributed by atoms with Gasteiger partial charge in [-0.3, -0.25) is 4.99 Å². The molecule has 8 heteroatoms. The summed E-state index contributed by atoms with van der Waals surface area (Å²) in [5.74, 6) is 4.01. The smallest absolute Gasteiger partial charge is 0.409 e. The van der Waals surface area contributed by atoms with E-state index in [1.807, 2.05) is 31.2 Å². The highest BCUT2D eigenvalue weighted by Gasteiger charge is 2.23. The first-order chi connectivity index (χ1) is 13.7. The van der Waals surface area contributed by atoms with E-state index in [1.165, 1.54) is 5.56 Å². The van der Waals surface area contributed by atoms with E-state index in [0.717, 1.165) is 37.5 Å². The summed E-state index contributed by atoms with van der Waals surface area (Å²) in [6, 6.07) is 8.22. The van der Waals surface area contributed by atoms with E-state index in [4.69, 9.17) is 15.9 Å². The SMILES string of the molecule is C#CCOc1ccc(CCNC(=NC)NC2CCN(C(=O)OCC)CC2)cc1.I. The summed E-state index contributed by atoms with van der Waals surface area (Å²) in [7, 11) is 1.76. The summed E-state index contributed by atoms with van der Waals surface area (Å²) in [5.41, 5.74) is 1.21. The standard InChI is InChI=1S/C21H30N4O3.HI/c1-4-16-28-19-8-6-17(7-9-19)10-13-23-20(22-3)24-18-11-14-25(15-12-18)21(26)27-5-2;/h1,6-9,18H,5,10-16H2,2-3H3,(H2,22,23,24);1H. The van der Waals surface area contributed by atoms with E-state index in [9.17, 15) is 4.79 Å². The number of terminal acetylenes is 1. The zero-order chi connectivity index (χ0) is 20.2. The molecular weight excluding hydrogens is 483 g/mol. The molecule has 0 atom stereocenters. The van der Waals surface area contributed by atoms with Crippen LogP contribution in [0.5, 0.6) is 5.75 Å². The van der Waals surface area contributed by atoms with Crippen molar-refractivity contribution in [3.63, 3.8) is 0 Å². The number of halogens is 1. The molecule has 2 N–H and O–H groups in total. The van der Waals surface area contributed by atoms with Crippen molar-refractivity contribution >= 4 is 36.0 Å². The number of amides is 1. The molecule has 1 saturated heterocycles. The van der Waals surface area contributed by atoms with Crippen molar-refractivity contribution in [3.05, 3.63) is 29.8 Å². The number of guanidine groups is 1. The average molecular weight is 514 g/mol. The lowest BCUT2D eigenvalue weighted by Crippen LogP contribution is -2.50. The lowest BCUT2D eigenvalue weighted by molar-refractivity contribution is 0.0963. The summed E-state index contributed by atoms with van der Waals surface area (Å²) in [5, 5.41) is 6.78. The van der Waals surface area contributed by atoms with Crippen LogP contribution in [0, 0.1) is 12.3 Å². The molecule has 1 aromatic rings. The van der Waals surface area contributed by atoms with Crippen molar-refractivity contribution < 1.29 is 14.3 Å². The van der Waals surface area contributed by atoms with Gasteiger partial charge < -0.3 is 25.0 Å². The Balaban J connectivity index is 0.00000420. The molecule has 0 aromatic heterocycles. The van der Waals surface area contributed by atoms with Gasteiger partial charge >= 0.3 is 6.09 Å². The van der Waals surface area contributed by atoms with Crippen molar-refractivity contribution in [2.45, 2.75) is 32.2 Å². The number of carbonyl (C=O) groups is 1. The molecule has 0 saturated carbocycles. The van der Waals surface area contributed by atoms with Gasteiger partial charge in [-0.2, -0.15) is 0 Å². The van der Waals surface area contributed by atoms with Gasteiger partial charge in [0.05, 0.1) is 6.61 Å². The van der Waals surface area contributed by atoms with Crippen LogP contribution in [-0.2, 0) is 11.2 Å². The third-order valence-electron chi connectivity index (χ3n) is 4.54. The number of ether oxygens (including phenoxy) is 2. The normalized spacial score (nSPS) is 14.4. The van der Waals surface area contributed by atoms with Crippen molar-refractivity contribution in [2.75, 3.05) is 39.9 Å². The predicted molar refractivity (Wildman–Crippen MR) is 126 cm³/mol. The molecule has 0 unspecified atom stereocenters. The minimum atomic E-state index is -0.223. The maximum atomic E-state index is 11.8. The van der Waals surface area contributed by atoms with Crippen LogP contribution >= 0.6 is 24.0 Å². The Bertz CT molecular complexity index is 680. The van der Waals surface area contributed by atoms with Gasteiger partial charge in [-0.05, 0) is 43.9 Å². The highest BCUT2D eigenvalue weighted by molar-refractivity contribution is 14.0. The highest BCUT2D eigenvalue weighted by Crippen LogP contribution is 2.13. The van der Waals surface area contributed by atoms with Crippen molar-refractivity contribution in [1.29, 1.82) is 0 Å². The number of likely N-dealkylation sites (tertiary alicyclic amines) is 1. The summed E-state index contributed by atoms with van der Waals surface area (Å²) in [6.45, 7) is 4.67. The Morgan fingerprint density at radius 3 is 2.59 bits per heavy atom. The zero-order valence-electron chi connectivity index (χ0n) is 17.1. The number of aliphatic imine (C=N–C) groups is 1. The van der Waals surface area contributed by atoms with Crippen LogP contribution in [0.2, 0.25) is 0 Å². The summed E-state index contributed by atoms with van der Waals surface area (Å²) >= 11 is 0. The molecule has 29 heavy (non-hydrogen) atoms. The molecule has 7 nitrogen and oxygen atoms in total. The molecule has 1 aliphatic rings. The molecule has 1 heterocycles. The Labute approximate surface area is 190 Å². The molecule has 1 fully saturated rings. The molecule has 2 rings (SSSR count). The third-order valence-corrected chi connectivity index (χ3v) is 4.54. The first-order valence-electron chi connectivity index (χ1n) is 9.70. The van der Waals surface area contributed by atoms with Crippen LogP contribution in [0.4, 0.5) is 4.79 Å². The van der Waals surface area contributed by atoms with Crippen molar-refractivity contribution in [1.82, 2.24) is 15.5 Å². The lowest BCUT2D eigenvalue weighted by Gasteiger charge is -2.32. The monoisotopic (exact) mass is 514 g/mol. The number of hydrogen-bond donors (Lipinski definition) is 2. The van der Waals surface area contributed by atoms with Crippen LogP contribution < -0.4 is 15.4 Å². The van der Waals surface area contributed by atoms with Gasteiger partial charge in [0.25, 0.3) is 0 Å². The highest BCUT2D eigenvalue weighted by atomic mass is 127. The van der Waals surface area contributed by atoms with Crippen LogP contribution in [0.1, 0.15) is 25.3 Å². The van der Waals surface area contributed by atoms with Gasteiger partial charge in [0.15, 0.2) is 5.96 Å². The second kappa shape index (κ2) is 13.9. The molecule has 1 amide bonds. The van der Waals surface area contributed by atoms with Crippen LogP contribution in [0.15, 0.2) is 29.3 Å². The summed E-state index contributed by atoms with van der Waals surface area (Å²) in [6.07, 6.45) is 7.59. The second-order valence-electron chi connectivity index (χ2n) is 6.49. The Hall–Kier alpha value is -2.15. The van der Waals surface area contributed by atoms with Gasteiger partial charge in [-0.1, -0.05) is 18.1 Å². The maximum absolute atomic E-state index is 11.8. The third kappa shape index (κ3) is 8.81. The minimum absolute atomic E-state index is 0. The van der Waals surface area contributed by atoms with Crippen LogP contribution in [-0.4, -0.2) is 62.9 Å². The van der Waals surface area contributed by atoms with Gasteiger partial charge in [0.1, 0.15) is 12.4 Å². The van der Waals surface area contributed by atoms with E-state index in [2.05, 4.69) is 21.5 Å². The first-order valence-corrected chi connectivity index (χ1v) is 9.70. The second-order valence-corrected chi connectivity index (χ2v) is 6.49. The Kier molecular flexibility index (Phi) is 12.0. The molecular formula is C21H31IN4O3. The topological polar surface area (TPSA) is 75.2 Å². The van der Waals surface area contributed by atoms with Crippen molar-refractivity contribution in [2.24, 2.45) is 4.99 Å². The van der Waals surface area contributed by atoms with Gasteiger partial charge in [-0.15, -0.1) is 30.4 Å². The van der Waals surface area contributed by atoms with E-state index in [-0.39, 0.29) is 36.7 Å². The number of nitrogens with one attached hydrogen (secondary N) is 2. The average Bonchev–Trinajstić information content (AvgIpc) is 2.73. The van der Waals surface area contributed by atoms with E-state index < -0.39 is 0 Å². The molecule has 1 aromatic carbocycles. The maximum Gasteiger partial charge on any atom is 0.409 e. The molecule has 0 bridgehead atoms. The molecule has 160 valence electrons. The van der Waals surface area contributed by atoms with E-state index in [0.29, 0.717) is 25.7 Å². The number of nitrogens with zero attached hydrogens (tertiary/aromatic N) is 2. The van der Waals surface area contributed by atoms with Gasteiger partial charge in [0.2, 0.25) is 0 Å². The van der Waals surface area contributed by atoms with E-state index in [1.54, 1.807) is 11.9 Å². The summed E-state index contributed by atoms with van der Waals surface area (Å²) < 4.78 is 10.4. The lowest BCUT2D eigenvalue weighted by atomic mass is 10.1. The van der Waals surface area contributed by atoms with Crippen molar-refractivity contribution in [3.8, 4) is 18.1 Å². The fourth-order valence-electron chi connectivity index (χ4n) is 3.01. The number of piperidine rings is 1. The zero-order valence-corrected chi connectivity index (χ0v) is 19.5. The Morgan fingerprint density at radius 2 is 2.00 bits per heavy atom. The number of carbonyl (C=O) groups excluding carboxylic acids is 1. The number of benzene rings is 1. The minimum Gasteiger partial charge on any atom is -0.481 e. The largest absolute Gasteiger partial charge is 0.481 e. The molecule has 0 aliphatic carbocycles. The van der Waals surface area contributed by atoms with Gasteiger partial charge in [0, 0.05) is 32.7 Å². The molecule has 0 radical (unpaired) electrons. The van der Waals surface area contributed by atoms with E-state index >= 15 is 0 Å². The fraction of sp³-hybridized carbons (Fsp3) is 0.524. The fourth-order valence-corrected chi connectivity index (χ4v) is 3.01.